The van der Waals surface area contributed by atoms with Crippen LogP contribution in [0.1, 0.15) is 37.3 Å². The van der Waals surface area contributed by atoms with Crippen LogP contribution in [0.15, 0.2) is 33.7 Å². The third-order valence-electron chi connectivity index (χ3n) is 4.26. The van der Waals surface area contributed by atoms with Crippen molar-refractivity contribution in [2.24, 2.45) is 0 Å². The van der Waals surface area contributed by atoms with Gasteiger partial charge in [0.05, 0.1) is 10.6 Å². The summed E-state index contributed by atoms with van der Waals surface area (Å²) in [5, 5.41) is 6.65. The minimum atomic E-state index is -3.49. The molecule has 1 N–H and O–H groups in total. The molecule has 0 spiro atoms. The lowest BCUT2D eigenvalue weighted by Gasteiger charge is -2.18. The van der Waals surface area contributed by atoms with E-state index in [1.807, 2.05) is 13.8 Å². The van der Waals surface area contributed by atoms with E-state index in [4.69, 9.17) is 4.52 Å². The molecular formula is C18H25N3O4S. The number of carbonyl (C=O) groups excluding carboxylic acids is 1. The lowest BCUT2D eigenvalue weighted by molar-refractivity contribution is -0.116. The first-order valence-electron chi connectivity index (χ1n) is 8.61. The number of anilines is 1. The highest BCUT2D eigenvalue weighted by molar-refractivity contribution is 7.89. The number of aryl methyl sites for hydroxylation is 2. The SMILES string of the molecule is CCN(CC)S(=O)(=O)c1ccc(NC(=O)CCc2c(C)noc2C)cc1. The third kappa shape index (κ3) is 4.50. The highest BCUT2D eigenvalue weighted by Crippen LogP contribution is 2.19. The van der Waals surface area contributed by atoms with Gasteiger partial charge >= 0.3 is 0 Å². The molecule has 1 aromatic carbocycles. The normalized spacial score (nSPS) is 11.7. The molecule has 2 rings (SSSR count). The van der Waals surface area contributed by atoms with E-state index in [1.165, 1.54) is 16.4 Å². The Labute approximate surface area is 154 Å². The Hall–Kier alpha value is -2.19. The number of amides is 1. The Kier molecular flexibility index (Phi) is 6.55. The van der Waals surface area contributed by atoms with Gasteiger partial charge in [0.2, 0.25) is 15.9 Å². The predicted octanol–water partition coefficient (Wildman–Crippen LogP) is 2.89. The molecular weight excluding hydrogens is 354 g/mol. The maximum absolute atomic E-state index is 12.4. The molecule has 1 amide bonds. The summed E-state index contributed by atoms with van der Waals surface area (Å²) < 4.78 is 31.4. The van der Waals surface area contributed by atoms with Crippen LogP contribution in [0.5, 0.6) is 0 Å². The fourth-order valence-electron chi connectivity index (χ4n) is 2.74. The third-order valence-corrected chi connectivity index (χ3v) is 6.33. The molecule has 0 fully saturated rings. The molecule has 0 saturated heterocycles. The number of nitrogens with one attached hydrogen (secondary N) is 1. The van der Waals surface area contributed by atoms with Crippen LogP contribution in [0.2, 0.25) is 0 Å². The lowest BCUT2D eigenvalue weighted by Crippen LogP contribution is -2.30. The second kappa shape index (κ2) is 8.46. The van der Waals surface area contributed by atoms with Crippen molar-refractivity contribution in [3.63, 3.8) is 0 Å². The van der Waals surface area contributed by atoms with Crippen LogP contribution in [0, 0.1) is 13.8 Å². The van der Waals surface area contributed by atoms with E-state index in [2.05, 4.69) is 10.5 Å². The van der Waals surface area contributed by atoms with Crippen molar-refractivity contribution in [3.8, 4) is 0 Å². The van der Waals surface area contributed by atoms with Gasteiger partial charge < -0.3 is 9.84 Å². The molecule has 7 nitrogen and oxygen atoms in total. The molecule has 0 aliphatic heterocycles. The number of aromatic nitrogens is 1. The van der Waals surface area contributed by atoms with Crippen LogP contribution < -0.4 is 5.32 Å². The van der Waals surface area contributed by atoms with E-state index in [0.29, 0.717) is 31.6 Å². The van der Waals surface area contributed by atoms with Crippen LogP contribution >= 0.6 is 0 Å². The number of nitrogens with zero attached hydrogens (tertiary/aromatic N) is 2. The van der Waals surface area contributed by atoms with E-state index < -0.39 is 10.0 Å². The van der Waals surface area contributed by atoms with E-state index in [0.717, 1.165) is 17.0 Å². The molecule has 142 valence electrons. The summed E-state index contributed by atoms with van der Waals surface area (Å²) in [5.74, 6) is 0.575. The second-order valence-electron chi connectivity index (χ2n) is 5.96. The molecule has 1 aromatic heterocycles. The van der Waals surface area contributed by atoms with Gasteiger partial charge in [-0.25, -0.2) is 8.42 Å². The summed E-state index contributed by atoms with van der Waals surface area (Å²) >= 11 is 0. The van der Waals surface area contributed by atoms with Crippen molar-refractivity contribution in [2.45, 2.75) is 45.4 Å². The molecule has 0 unspecified atom stereocenters. The van der Waals surface area contributed by atoms with Gasteiger partial charge in [0.25, 0.3) is 0 Å². The standard InChI is InChI=1S/C18H25N3O4S/c1-5-21(6-2)26(23,24)16-9-7-15(8-10-16)19-18(22)12-11-17-13(3)20-25-14(17)4/h7-10H,5-6,11-12H2,1-4H3,(H,19,22). The van der Waals surface area contributed by atoms with Gasteiger partial charge in [-0.1, -0.05) is 19.0 Å². The predicted molar refractivity (Wildman–Crippen MR) is 99.5 cm³/mol. The number of hydrogen-bond acceptors (Lipinski definition) is 5. The fourth-order valence-corrected chi connectivity index (χ4v) is 4.20. The average Bonchev–Trinajstić information content (AvgIpc) is 2.92. The second-order valence-corrected chi connectivity index (χ2v) is 7.90. The highest BCUT2D eigenvalue weighted by Gasteiger charge is 2.21. The molecule has 0 saturated carbocycles. The molecule has 0 bridgehead atoms. The number of carbonyl (C=O) groups is 1. The van der Waals surface area contributed by atoms with Gasteiger partial charge in [0, 0.05) is 30.8 Å². The lowest BCUT2D eigenvalue weighted by atomic mass is 10.1. The van der Waals surface area contributed by atoms with Gasteiger partial charge in [-0.15, -0.1) is 0 Å². The monoisotopic (exact) mass is 379 g/mol. The molecule has 0 aliphatic carbocycles. The van der Waals surface area contributed by atoms with Gasteiger partial charge in [-0.05, 0) is 44.5 Å². The average molecular weight is 379 g/mol. The maximum atomic E-state index is 12.4. The Morgan fingerprint density at radius 2 is 1.77 bits per heavy atom. The van der Waals surface area contributed by atoms with E-state index in [9.17, 15) is 13.2 Å². The summed E-state index contributed by atoms with van der Waals surface area (Å²) in [6, 6.07) is 6.23. The zero-order valence-electron chi connectivity index (χ0n) is 15.6. The summed E-state index contributed by atoms with van der Waals surface area (Å²) in [6.07, 6.45) is 0.837. The zero-order valence-corrected chi connectivity index (χ0v) is 16.4. The molecule has 0 aliphatic rings. The maximum Gasteiger partial charge on any atom is 0.243 e. The van der Waals surface area contributed by atoms with Crippen molar-refractivity contribution in [3.05, 3.63) is 41.3 Å². The Morgan fingerprint density at radius 3 is 2.27 bits per heavy atom. The smallest absolute Gasteiger partial charge is 0.243 e. The van der Waals surface area contributed by atoms with Crippen LogP contribution in [0.3, 0.4) is 0 Å². The molecule has 2 aromatic rings. The molecule has 1 heterocycles. The minimum absolute atomic E-state index is 0.149. The summed E-state index contributed by atoms with van der Waals surface area (Å²) in [5.41, 5.74) is 2.30. The van der Waals surface area contributed by atoms with Crippen molar-refractivity contribution in [2.75, 3.05) is 18.4 Å². The van der Waals surface area contributed by atoms with Gasteiger partial charge in [-0.3, -0.25) is 4.79 Å². The fraction of sp³-hybridized carbons (Fsp3) is 0.444. The first-order valence-corrected chi connectivity index (χ1v) is 10.0. The Balaban J connectivity index is 1.99. The van der Waals surface area contributed by atoms with E-state index >= 15 is 0 Å². The van der Waals surface area contributed by atoms with Crippen LogP contribution in [-0.2, 0) is 21.2 Å². The van der Waals surface area contributed by atoms with Crippen molar-refractivity contribution in [1.82, 2.24) is 9.46 Å². The first kappa shape index (κ1) is 20.1. The number of hydrogen-bond donors (Lipinski definition) is 1. The largest absolute Gasteiger partial charge is 0.361 e. The molecule has 8 heteroatoms. The quantitative estimate of drug-likeness (QED) is 0.761. The van der Waals surface area contributed by atoms with Crippen LogP contribution in [0.25, 0.3) is 0 Å². The van der Waals surface area contributed by atoms with Crippen molar-refractivity contribution < 1.29 is 17.7 Å². The van der Waals surface area contributed by atoms with Crippen molar-refractivity contribution >= 4 is 21.6 Å². The number of benzene rings is 1. The number of rotatable bonds is 8. The topological polar surface area (TPSA) is 92.5 Å². The Bertz CT molecular complexity index is 834. The van der Waals surface area contributed by atoms with Gasteiger partial charge in [-0.2, -0.15) is 4.31 Å². The zero-order chi connectivity index (χ0) is 19.3. The number of sulfonamides is 1. The Morgan fingerprint density at radius 1 is 1.15 bits per heavy atom. The van der Waals surface area contributed by atoms with Crippen molar-refractivity contribution in [1.29, 1.82) is 0 Å². The highest BCUT2D eigenvalue weighted by atomic mass is 32.2. The van der Waals surface area contributed by atoms with E-state index in [-0.39, 0.29) is 10.8 Å². The van der Waals surface area contributed by atoms with Crippen LogP contribution in [0.4, 0.5) is 5.69 Å². The minimum Gasteiger partial charge on any atom is -0.361 e. The van der Waals surface area contributed by atoms with Crippen LogP contribution in [-0.4, -0.2) is 36.9 Å². The first-order chi connectivity index (χ1) is 12.3. The summed E-state index contributed by atoms with van der Waals surface area (Å²) in [4.78, 5) is 12.3. The van der Waals surface area contributed by atoms with Gasteiger partial charge in [0.15, 0.2) is 0 Å². The molecule has 0 radical (unpaired) electrons. The molecule has 0 atom stereocenters. The van der Waals surface area contributed by atoms with Gasteiger partial charge in [0.1, 0.15) is 5.76 Å². The molecule has 26 heavy (non-hydrogen) atoms. The van der Waals surface area contributed by atoms with E-state index in [1.54, 1.807) is 26.0 Å². The summed E-state index contributed by atoms with van der Waals surface area (Å²) in [6.45, 7) is 8.10. The summed E-state index contributed by atoms with van der Waals surface area (Å²) in [7, 11) is -3.49.